The highest BCUT2D eigenvalue weighted by Gasteiger charge is 2.55. The van der Waals surface area contributed by atoms with Gasteiger partial charge in [0.05, 0.1) is 19.0 Å². The maximum atomic E-state index is 5.97. The standard InChI is InChI=1S/C16H29NO2/c1-3-18-12-8-11-17-14-13-15(19-4-2)16(14)9-6-5-7-10-16/h3,14-15,17H,1,4-13H2,2H3. The molecule has 19 heavy (non-hydrogen) atoms. The first-order chi connectivity index (χ1) is 9.33. The zero-order valence-electron chi connectivity index (χ0n) is 12.3. The lowest BCUT2D eigenvalue weighted by Gasteiger charge is -2.58. The number of hydrogen-bond acceptors (Lipinski definition) is 3. The topological polar surface area (TPSA) is 30.5 Å². The van der Waals surface area contributed by atoms with Crippen molar-refractivity contribution in [1.29, 1.82) is 0 Å². The number of ether oxygens (including phenoxy) is 2. The summed E-state index contributed by atoms with van der Waals surface area (Å²) >= 11 is 0. The third-order valence-electron chi connectivity index (χ3n) is 4.88. The Bertz CT molecular complexity index is 274. The van der Waals surface area contributed by atoms with Crippen molar-refractivity contribution in [1.82, 2.24) is 5.32 Å². The summed E-state index contributed by atoms with van der Waals surface area (Å²) in [5.41, 5.74) is 0.438. The average Bonchev–Trinajstić information content (AvgIpc) is 2.46. The van der Waals surface area contributed by atoms with Gasteiger partial charge < -0.3 is 14.8 Å². The van der Waals surface area contributed by atoms with Gasteiger partial charge in [-0.3, -0.25) is 0 Å². The second kappa shape index (κ2) is 7.30. The van der Waals surface area contributed by atoms with Crippen LogP contribution >= 0.6 is 0 Å². The molecule has 0 saturated heterocycles. The molecule has 3 nitrogen and oxygen atoms in total. The molecule has 0 aromatic heterocycles. The molecule has 2 unspecified atom stereocenters. The molecule has 0 bridgehead atoms. The second-order valence-corrected chi connectivity index (χ2v) is 5.87. The minimum Gasteiger partial charge on any atom is -0.502 e. The fourth-order valence-electron chi connectivity index (χ4n) is 3.86. The normalized spacial score (nSPS) is 28.9. The molecule has 0 amide bonds. The lowest BCUT2D eigenvalue weighted by atomic mass is 9.55. The Morgan fingerprint density at radius 1 is 1.32 bits per heavy atom. The van der Waals surface area contributed by atoms with Crippen molar-refractivity contribution in [2.24, 2.45) is 5.41 Å². The van der Waals surface area contributed by atoms with Crippen LogP contribution in [0.15, 0.2) is 12.8 Å². The summed E-state index contributed by atoms with van der Waals surface area (Å²) in [5.74, 6) is 0. The fourth-order valence-corrected chi connectivity index (χ4v) is 3.86. The van der Waals surface area contributed by atoms with Gasteiger partial charge in [-0.05, 0) is 39.2 Å². The van der Waals surface area contributed by atoms with Crippen molar-refractivity contribution in [2.45, 2.75) is 64.0 Å². The van der Waals surface area contributed by atoms with E-state index in [9.17, 15) is 0 Å². The Labute approximate surface area is 117 Å². The van der Waals surface area contributed by atoms with Crippen molar-refractivity contribution in [3.8, 4) is 0 Å². The molecule has 0 heterocycles. The van der Waals surface area contributed by atoms with Crippen LogP contribution in [0.2, 0.25) is 0 Å². The minimum absolute atomic E-state index is 0.438. The molecule has 2 atom stereocenters. The largest absolute Gasteiger partial charge is 0.502 e. The molecule has 2 aliphatic carbocycles. The van der Waals surface area contributed by atoms with Gasteiger partial charge >= 0.3 is 0 Å². The lowest BCUT2D eigenvalue weighted by molar-refractivity contribution is -0.149. The second-order valence-electron chi connectivity index (χ2n) is 5.87. The summed E-state index contributed by atoms with van der Waals surface area (Å²) in [6.45, 7) is 8.34. The summed E-state index contributed by atoms with van der Waals surface area (Å²) in [6, 6.07) is 0.660. The van der Waals surface area contributed by atoms with Crippen LogP contribution in [0.4, 0.5) is 0 Å². The molecule has 2 saturated carbocycles. The third kappa shape index (κ3) is 3.32. The quantitative estimate of drug-likeness (QED) is 0.541. The predicted molar refractivity (Wildman–Crippen MR) is 78.1 cm³/mol. The van der Waals surface area contributed by atoms with Crippen molar-refractivity contribution < 1.29 is 9.47 Å². The molecule has 1 N–H and O–H groups in total. The van der Waals surface area contributed by atoms with Gasteiger partial charge in [0.2, 0.25) is 0 Å². The number of rotatable bonds is 8. The Morgan fingerprint density at radius 2 is 2.11 bits per heavy atom. The van der Waals surface area contributed by atoms with Gasteiger partial charge in [-0.1, -0.05) is 25.8 Å². The molecule has 110 valence electrons. The van der Waals surface area contributed by atoms with Gasteiger partial charge in [0.1, 0.15) is 0 Å². The SMILES string of the molecule is C=COCCCNC1CC(OCC)C12CCCCC2. The molecule has 0 aliphatic heterocycles. The zero-order valence-corrected chi connectivity index (χ0v) is 12.3. The van der Waals surface area contributed by atoms with E-state index in [0.29, 0.717) is 17.6 Å². The van der Waals surface area contributed by atoms with Crippen LogP contribution in [0.5, 0.6) is 0 Å². The summed E-state index contributed by atoms with van der Waals surface area (Å²) in [6.07, 6.45) is 11.1. The van der Waals surface area contributed by atoms with Crippen LogP contribution in [0.1, 0.15) is 51.9 Å². The highest BCUT2D eigenvalue weighted by atomic mass is 16.5. The molecule has 0 aromatic carbocycles. The van der Waals surface area contributed by atoms with E-state index >= 15 is 0 Å². The van der Waals surface area contributed by atoms with E-state index in [1.807, 2.05) is 0 Å². The Morgan fingerprint density at radius 3 is 2.79 bits per heavy atom. The van der Waals surface area contributed by atoms with E-state index < -0.39 is 0 Å². The molecule has 2 rings (SSSR count). The highest BCUT2D eigenvalue weighted by molar-refractivity contribution is 5.08. The van der Waals surface area contributed by atoms with Crippen LogP contribution in [0.3, 0.4) is 0 Å². The first kappa shape index (κ1) is 14.9. The molecule has 2 aliphatic rings. The fraction of sp³-hybridized carbons (Fsp3) is 0.875. The van der Waals surface area contributed by atoms with E-state index in [1.165, 1.54) is 44.8 Å². The van der Waals surface area contributed by atoms with Gasteiger partial charge in [-0.25, -0.2) is 0 Å². The van der Waals surface area contributed by atoms with Gasteiger partial charge in [0, 0.05) is 18.1 Å². The van der Waals surface area contributed by atoms with E-state index in [0.717, 1.165) is 26.2 Å². The van der Waals surface area contributed by atoms with Gasteiger partial charge in [-0.2, -0.15) is 0 Å². The zero-order chi connectivity index (χ0) is 13.6. The first-order valence-electron chi connectivity index (χ1n) is 7.91. The third-order valence-corrected chi connectivity index (χ3v) is 4.88. The maximum Gasteiger partial charge on any atom is 0.0885 e. The summed E-state index contributed by atoms with van der Waals surface area (Å²) in [4.78, 5) is 0. The Balaban J connectivity index is 1.78. The van der Waals surface area contributed by atoms with Crippen molar-refractivity contribution in [3.63, 3.8) is 0 Å². The van der Waals surface area contributed by atoms with E-state index in [4.69, 9.17) is 9.47 Å². The summed E-state index contributed by atoms with van der Waals surface area (Å²) in [7, 11) is 0. The Hall–Kier alpha value is -0.540. The van der Waals surface area contributed by atoms with Gasteiger partial charge in [0.25, 0.3) is 0 Å². The van der Waals surface area contributed by atoms with Gasteiger partial charge in [-0.15, -0.1) is 0 Å². The van der Waals surface area contributed by atoms with Crippen LogP contribution in [0, 0.1) is 5.41 Å². The van der Waals surface area contributed by atoms with Crippen LogP contribution in [0.25, 0.3) is 0 Å². The lowest BCUT2D eigenvalue weighted by Crippen LogP contribution is -2.64. The smallest absolute Gasteiger partial charge is 0.0885 e. The predicted octanol–water partition coefficient (Wildman–Crippen LogP) is 3.25. The van der Waals surface area contributed by atoms with Crippen LogP contribution in [-0.4, -0.2) is 31.9 Å². The molecule has 0 radical (unpaired) electrons. The van der Waals surface area contributed by atoms with Crippen molar-refractivity contribution in [2.75, 3.05) is 19.8 Å². The summed E-state index contributed by atoms with van der Waals surface area (Å²) in [5, 5.41) is 3.73. The van der Waals surface area contributed by atoms with E-state index in [-0.39, 0.29) is 0 Å². The number of hydrogen-bond donors (Lipinski definition) is 1. The molecule has 2 fully saturated rings. The number of nitrogens with one attached hydrogen (secondary N) is 1. The molecule has 0 aromatic rings. The van der Waals surface area contributed by atoms with Crippen LogP contribution in [-0.2, 0) is 9.47 Å². The molecular formula is C16H29NO2. The monoisotopic (exact) mass is 267 g/mol. The average molecular weight is 267 g/mol. The summed E-state index contributed by atoms with van der Waals surface area (Å²) < 4.78 is 11.1. The first-order valence-corrected chi connectivity index (χ1v) is 7.91. The van der Waals surface area contributed by atoms with Gasteiger partial charge in [0.15, 0.2) is 0 Å². The van der Waals surface area contributed by atoms with Crippen LogP contribution < -0.4 is 5.32 Å². The maximum absolute atomic E-state index is 5.97. The molecule has 3 heteroatoms. The molecular weight excluding hydrogens is 238 g/mol. The molecule has 1 spiro atoms. The highest BCUT2D eigenvalue weighted by Crippen LogP contribution is 2.53. The van der Waals surface area contributed by atoms with E-state index in [1.54, 1.807) is 0 Å². The van der Waals surface area contributed by atoms with Crippen molar-refractivity contribution in [3.05, 3.63) is 12.8 Å². The minimum atomic E-state index is 0.438. The Kier molecular flexibility index (Phi) is 5.71. The van der Waals surface area contributed by atoms with E-state index in [2.05, 4.69) is 18.8 Å². The van der Waals surface area contributed by atoms with Crippen molar-refractivity contribution >= 4 is 0 Å².